The number of nitrogens with one attached hydrogen (secondary N) is 1. The number of hydrogen-bond donors (Lipinski definition) is 1. The monoisotopic (exact) mass is 396 g/mol. The van der Waals surface area contributed by atoms with Gasteiger partial charge in [-0.3, -0.25) is 0 Å². The SMILES string of the molecule is c1csc(-c2nc(CSc3nnc(NCC4CCCO4)s3)cs2)c1. The molecular formula is C15H16N4OS4. The van der Waals surface area contributed by atoms with Crippen molar-refractivity contribution in [1.29, 1.82) is 0 Å². The second kappa shape index (κ2) is 7.92. The zero-order valence-corrected chi connectivity index (χ0v) is 16.1. The van der Waals surface area contributed by atoms with Crippen LogP contribution < -0.4 is 5.32 Å². The van der Waals surface area contributed by atoms with Gasteiger partial charge in [0.05, 0.1) is 16.7 Å². The van der Waals surface area contributed by atoms with Crippen LogP contribution in [0.5, 0.6) is 0 Å². The van der Waals surface area contributed by atoms with Crippen molar-refractivity contribution in [3.8, 4) is 9.88 Å². The molecule has 0 radical (unpaired) electrons. The van der Waals surface area contributed by atoms with Crippen LogP contribution in [0.15, 0.2) is 27.2 Å². The Bertz CT molecular complexity index is 764. The van der Waals surface area contributed by atoms with E-state index < -0.39 is 0 Å². The minimum atomic E-state index is 0.315. The maximum Gasteiger partial charge on any atom is 0.206 e. The molecule has 0 spiro atoms. The van der Waals surface area contributed by atoms with E-state index >= 15 is 0 Å². The van der Waals surface area contributed by atoms with Crippen molar-refractivity contribution in [1.82, 2.24) is 15.2 Å². The molecular weight excluding hydrogens is 380 g/mol. The van der Waals surface area contributed by atoms with E-state index in [-0.39, 0.29) is 0 Å². The molecule has 4 heterocycles. The average Bonchev–Trinajstić information content (AvgIpc) is 3.40. The van der Waals surface area contributed by atoms with Crippen LogP contribution in [0.4, 0.5) is 5.13 Å². The van der Waals surface area contributed by atoms with Gasteiger partial charge in [0.2, 0.25) is 5.13 Å². The minimum absolute atomic E-state index is 0.315. The lowest BCUT2D eigenvalue weighted by atomic mass is 10.2. The first-order chi connectivity index (χ1) is 11.9. The van der Waals surface area contributed by atoms with Crippen LogP contribution in [0.2, 0.25) is 0 Å². The van der Waals surface area contributed by atoms with Gasteiger partial charge in [0, 0.05) is 24.3 Å². The molecule has 1 aliphatic heterocycles. The first-order valence-corrected chi connectivity index (χ1v) is 11.2. The first-order valence-electron chi connectivity index (χ1n) is 7.67. The van der Waals surface area contributed by atoms with Gasteiger partial charge in [-0.1, -0.05) is 29.2 Å². The molecule has 1 N–H and O–H groups in total. The summed E-state index contributed by atoms with van der Waals surface area (Å²) < 4.78 is 6.57. The maximum absolute atomic E-state index is 5.60. The molecule has 5 nitrogen and oxygen atoms in total. The fraction of sp³-hybridized carbons (Fsp3) is 0.400. The number of ether oxygens (including phenoxy) is 1. The Hall–Kier alpha value is -1.00. The Balaban J connectivity index is 1.28. The predicted molar refractivity (Wildman–Crippen MR) is 102 cm³/mol. The van der Waals surface area contributed by atoms with Crippen LogP contribution in [0, 0.1) is 0 Å². The topological polar surface area (TPSA) is 59.9 Å². The second-order valence-electron chi connectivity index (χ2n) is 5.30. The normalized spacial score (nSPS) is 17.4. The summed E-state index contributed by atoms with van der Waals surface area (Å²) in [4.78, 5) is 5.93. The van der Waals surface area contributed by atoms with Gasteiger partial charge < -0.3 is 10.1 Å². The Morgan fingerprint density at radius 1 is 1.33 bits per heavy atom. The molecule has 0 aromatic carbocycles. The molecule has 0 aliphatic carbocycles. The molecule has 3 aromatic rings. The highest BCUT2D eigenvalue weighted by Crippen LogP contribution is 2.32. The van der Waals surface area contributed by atoms with E-state index in [1.165, 1.54) is 4.88 Å². The summed E-state index contributed by atoms with van der Waals surface area (Å²) in [5.74, 6) is 0.822. The number of thiophene rings is 1. The van der Waals surface area contributed by atoms with E-state index in [1.54, 1.807) is 45.8 Å². The summed E-state index contributed by atoms with van der Waals surface area (Å²) in [7, 11) is 0. The van der Waals surface area contributed by atoms with Crippen LogP contribution in [0.25, 0.3) is 9.88 Å². The van der Waals surface area contributed by atoms with Gasteiger partial charge in [-0.05, 0) is 24.3 Å². The van der Waals surface area contributed by atoms with Gasteiger partial charge in [0.25, 0.3) is 0 Å². The molecule has 1 aliphatic rings. The van der Waals surface area contributed by atoms with E-state index in [4.69, 9.17) is 9.72 Å². The molecule has 0 saturated carbocycles. The molecule has 1 fully saturated rings. The standard InChI is InChI=1S/C15H16N4OS4/c1-3-11(20-5-1)7-16-14-18-19-15(24-14)23-9-10-8-22-13(17-10)12-4-2-6-21-12/h2,4,6,8,11H,1,3,5,7,9H2,(H,16,18). The highest BCUT2D eigenvalue weighted by molar-refractivity contribution is 8.00. The predicted octanol–water partition coefficient (Wildman–Crippen LogP) is 4.61. The van der Waals surface area contributed by atoms with Gasteiger partial charge in [-0.15, -0.1) is 32.9 Å². The quantitative estimate of drug-likeness (QED) is 0.589. The molecule has 4 rings (SSSR count). The summed E-state index contributed by atoms with van der Waals surface area (Å²) in [6, 6.07) is 4.17. The highest BCUT2D eigenvalue weighted by Gasteiger charge is 2.16. The van der Waals surface area contributed by atoms with Gasteiger partial charge in [-0.25, -0.2) is 4.98 Å². The summed E-state index contributed by atoms with van der Waals surface area (Å²) in [6.07, 6.45) is 2.60. The molecule has 0 amide bonds. The molecule has 0 bridgehead atoms. The number of thiazole rings is 1. The molecule has 3 aromatic heterocycles. The zero-order chi connectivity index (χ0) is 16.2. The third-order valence-electron chi connectivity index (χ3n) is 3.54. The number of rotatable bonds is 7. The van der Waals surface area contributed by atoms with Crippen molar-refractivity contribution in [3.05, 3.63) is 28.6 Å². The summed E-state index contributed by atoms with van der Waals surface area (Å²) >= 11 is 6.70. The number of anilines is 1. The lowest BCUT2D eigenvalue weighted by Gasteiger charge is -2.08. The van der Waals surface area contributed by atoms with Crippen LogP contribution in [-0.4, -0.2) is 34.4 Å². The number of nitrogens with zero attached hydrogens (tertiary/aromatic N) is 3. The summed E-state index contributed by atoms with van der Waals surface area (Å²) in [6.45, 7) is 1.69. The Kier molecular flexibility index (Phi) is 5.43. The van der Waals surface area contributed by atoms with Crippen molar-refractivity contribution in [3.63, 3.8) is 0 Å². The van der Waals surface area contributed by atoms with Gasteiger partial charge in [0.1, 0.15) is 5.01 Å². The summed E-state index contributed by atoms with van der Waals surface area (Å²) in [5.41, 5.74) is 1.09. The lowest BCUT2D eigenvalue weighted by molar-refractivity contribution is 0.120. The molecule has 1 unspecified atom stereocenters. The van der Waals surface area contributed by atoms with E-state index in [1.807, 2.05) is 0 Å². The molecule has 1 atom stereocenters. The van der Waals surface area contributed by atoms with E-state index in [2.05, 4.69) is 38.4 Å². The van der Waals surface area contributed by atoms with Crippen LogP contribution in [0.1, 0.15) is 18.5 Å². The molecule has 24 heavy (non-hydrogen) atoms. The van der Waals surface area contributed by atoms with E-state index in [9.17, 15) is 0 Å². The molecule has 1 saturated heterocycles. The Labute approximate surface area is 156 Å². The van der Waals surface area contributed by atoms with Crippen LogP contribution >= 0.6 is 45.8 Å². The Morgan fingerprint density at radius 3 is 3.17 bits per heavy atom. The number of thioether (sulfide) groups is 1. The van der Waals surface area contributed by atoms with Crippen molar-refractivity contribution < 1.29 is 4.74 Å². The van der Waals surface area contributed by atoms with Gasteiger partial charge in [0.15, 0.2) is 4.34 Å². The van der Waals surface area contributed by atoms with E-state index in [0.29, 0.717) is 6.10 Å². The van der Waals surface area contributed by atoms with Crippen molar-refractivity contribution in [2.24, 2.45) is 0 Å². The van der Waals surface area contributed by atoms with Crippen molar-refractivity contribution in [2.75, 3.05) is 18.5 Å². The van der Waals surface area contributed by atoms with Crippen molar-refractivity contribution >= 4 is 50.9 Å². The number of hydrogen-bond acceptors (Lipinski definition) is 9. The Morgan fingerprint density at radius 2 is 2.33 bits per heavy atom. The third-order valence-corrected chi connectivity index (χ3v) is 7.52. The van der Waals surface area contributed by atoms with Gasteiger partial charge >= 0.3 is 0 Å². The van der Waals surface area contributed by atoms with E-state index in [0.717, 1.165) is 51.9 Å². The number of aromatic nitrogens is 3. The zero-order valence-electron chi connectivity index (χ0n) is 12.8. The second-order valence-corrected chi connectivity index (χ2v) is 9.30. The van der Waals surface area contributed by atoms with Crippen LogP contribution in [0.3, 0.4) is 0 Å². The minimum Gasteiger partial charge on any atom is -0.376 e. The smallest absolute Gasteiger partial charge is 0.206 e. The fourth-order valence-corrected chi connectivity index (χ4v) is 5.76. The fourth-order valence-electron chi connectivity index (χ4n) is 2.37. The largest absolute Gasteiger partial charge is 0.376 e. The maximum atomic E-state index is 5.60. The molecule has 9 heteroatoms. The molecule has 126 valence electrons. The first kappa shape index (κ1) is 16.5. The lowest BCUT2D eigenvalue weighted by Crippen LogP contribution is -2.18. The highest BCUT2D eigenvalue weighted by atomic mass is 32.2. The average molecular weight is 397 g/mol. The third kappa shape index (κ3) is 4.15. The van der Waals surface area contributed by atoms with Crippen molar-refractivity contribution in [2.45, 2.75) is 29.0 Å². The summed E-state index contributed by atoms with van der Waals surface area (Å²) in [5, 5.41) is 17.9. The van der Waals surface area contributed by atoms with Gasteiger partial charge in [-0.2, -0.15) is 0 Å². The van der Waals surface area contributed by atoms with Crippen LogP contribution in [-0.2, 0) is 10.5 Å².